The summed E-state index contributed by atoms with van der Waals surface area (Å²) in [5.74, 6) is -0.227. The van der Waals surface area contributed by atoms with E-state index in [0.29, 0.717) is 0 Å². The molecule has 0 unspecified atom stereocenters. The second-order valence-corrected chi connectivity index (χ2v) is 7.13. The molecule has 1 nitrogen and oxygen atoms in total. The van der Waals surface area contributed by atoms with Crippen molar-refractivity contribution in [3.05, 3.63) is 99.8 Å². The van der Waals surface area contributed by atoms with E-state index in [0.717, 1.165) is 22.2 Å². The summed E-state index contributed by atoms with van der Waals surface area (Å²) < 4.78 is 13.4. The Balaban J connectivity index is 1.70. The lowest BCUT2D eigenvalue weighted by Gasteiger charge is -2.51. The van der Waals surface area contributed by atoms with E-state index in [1.54, 1.807) is 0 Å². The van der Waals surface area contributed by atoms with E-state index in [1.807, 2.05) is 36.4 Å². The van der Waals surface area contributed by atoms with Gasteiger partial charge in [-0.15, -0.1) is 0 Å². The van der Waals surface area contributed by atoms with Crippen molar-refractivity contribution in [2.75, 3.05) is 4.90 Å². The normalized spacial score (nSPS) is 19.6. The second kappa shape index (κ2) is 6.70. The molecule has 2 atom stereocenters. The molecule has 1 fully saturated rings. The Morgan fingerprint density at radius 2 is 1.12 bits per heavy atom. The summed E-state index contributed by atoms with van der Waals surface area (Å²) in [5.41, 5.74) is 3.42. The molecule has 3 aromatic rings. The first-order chi connectivity index (χ1) is 12.1. The molecule has 4 rings (SSSR count). The van der Waals surface area contributed by atoms with Gasteiger partial charge < -0.3 is 4.90 Å². The average Bonchev–Trinajstić information content (AvgIpc) is 2.59. The van der Waals surface area contributed by atoms with Crippen LogP contribution in [0.2, 0.25) is 10.0 Å². The highest BCUT2D eigenvalue weighted by Crippen LogP contribution is 2.50. The number of nitrogens with zero attached hydrogens (tertiary/aromatic N) is 1. The minimum absolute atomic E-state index is 0.227. The molecule has 0 N–H and O–H groups in total. The molecular formula is C21H16Cl2FN. The Morgan fingerprint density at radius 1 is 0.680 bits per heavy atom. The predicted octanol–water partition coefficient (Wildman–Crippen LogP) is 6.83. The van der Waals surface area contributed by atoms with Crippen LogP contribution in [0, 0.1) is 5.82 Å². The lowest BCUT2D eigenvalue weighted by molar-refractivity contribution is 0.353. The van der Waals surface area contributed by atoms with Gasteiger partial charge in [-0.3, -0.25) is 0 Å². The van der Waals surface area contributed by atoms with Crippen LogP contribution in [0.4, 0.5) is 10.1 Å². The van der Waals surface area contributed by atoms with E-state index in [-0.39, 0.29) is 17.9 Å². The van der Waals surface area contributed by atoms with Gasteiger partial charge in [-0.2, -0.15) is 0 Å². The van der Waals surface area contributed by atoms with E-state index in [4.69, 9.17) is 23.2 Å². The summed E-state index contributed by atoms with van der Waals surface area (Å²) in [7, 11) is 0. The first-order valence-electron chi connectivity index (χ1n) is 8.16. The molecule has 126 valence electrons. The molecule has 0 aliphatic carbocycles. The van der Waals surface area contributed by atoms with Gasteiger partial charge >= 0.3 is 0 Å². The third-order valence-electron chi connectivity index (χ3n) is 4.75. The van der Waals surface area contributed by atoms with Crippen molar-refractivity contribution in [1.82, 2.24) is 0 Å². The fourth-order valence-electron chi connectivity index (χ4n) is 3.45. The molecule has 0 spiro atoms. The van der Waals surface area contributed by atoms with Crippen LogP contribution in [-0.4, -0.2) is 0 Å². The van der Waals surface area contributed by atoms with Gasteiger partial charge in [0.15, 0.2) is 0 Å². The number of benzene rings is 3. The van der Waals surface area contributed by atoms with E-state index >= 15 is 0 Å². The zero-order valence-corrected chi connectivity index (χ0v) is 14.9. The van der Waals surface area contributed by atoms with Crippen molar-refractivity contribution in [3.63, 3.8) is 0 Å². The number of anilines is 1. The van der Waals surface area contributed by atoms with Crippen LogP contribution >= 0.6 is 23.2 Å². The highest BCUT2D eigenvalue weighted by molar-refractivity contribution is 6.30. The zero-order chi connectivity index (χ0) is 17.4. The van der Waals surface area contributed by atoms with Crippen LogP contribution in [0.25, 0.3) is 0 Å². The van der Waals surface area contributed by atoms with Crippen LogP contribution in [-0.2, 0) is 0 Å². The van der Waals surface area contributed by atoms with Crippen LogP contribution in [0.15, 0.2) is 72.8 Å². The van der Waals surface area contributed by atoms with E-state index in [1.165, 1.54) is 23.3 Å². The maximum atomic E-state index is 13.4. The molecule has 0 aromatic heterocycles. The van der Waals surface area contributed by atoms with Gasteiger partial charge in [-0.05, 0) is 66.1 Å². The van der Waals surface area contributed by atoms with Gasteiger partial charge in [0, 0.05) is 15.7 Å². The first-order valence-corrected chi connectivity index (χ1v) is 8.92. The summed E-state index contributed by atoms with van der Waals surface area (Å²) in [5, 5.41) is 1.45. The average molecular weight is 372 g/mol. The van der Waals surface area contributed by atoms with Crippen molar-refractivity contribution in [3.8, 4) is 0 Å². The summed E-state index contributed by atoms with van der Waals surface area (Å²) in [4.78, 5) is 2.33. The summed E-state index contributed by atoms with van der Waals surface area (Å²) in [6.45, 7) is 0. The third-order valence-corrected chi connectivity index (χ3v) is 5.26. The lowest BCUT2D eigenvalue weighted by Crippen LogP contribution is -2.44. The van der Waals surface area contributed by atoms with Gasteiger partial charge in [-0.25, -0.2) is 4.39 Å². The Morgan fingerprint density at radius 3 is 1.56 bits per heavy atom. The fourth-order valence-corrected chi connectivity index (χ4v) is 3.71. The van der Waals surface area contributed by atoms with Gasteiger partial charge in [0.1, 0.15) is 5.82 Å². The van der Waals surface area contributed by atoms with Crippen molar-refractivity contribution in [2.24, 2.45) is 0 Å². The summed E-state index contributed by atoms with van der Waals surface area (Å²) >= 11 is 12.0. The maximum Gasteiger partial charge on any atom is 0.123 e. The van der Waals surface area contributed by atoms with Crippen LogP contribution < -0.4 is 4.90 Å². The molecular weight excluding hydrogens is 356 g/mol. The molecule has 3 aromatic carbocycles. The van der Waals surface area contributed by atoms with Crippen molar-refractivity contribution in [2.45, 2.75) is 18.5 Å². The molecule has 1 heterocycles. The second-order valence-electron chi connectivity index (χ2n) is 6.25. The highest BCUT2D eigenvalue weighted by atomic mass is 35.5. The SMILES string of the molecule is Fc1ccc(N2[C@@H](c3ccc(Cl)cc3)C[C@H]2c2ccc(Cl)cc2)cc1. The van der Waals surface area contributed by atoms with Gasteiger partial charge in [-0.1, -0.05) is 47.5 Å². The molecule has 0 amide bonds. The van der Waals surface area contributed by atoms with E-state index in [9.17, 15) is 4.39 Å². The Bertz CT molecular complexity index is 808. The number of rotatable bonds is 3. The largest absolute Gasteiger partial charge is 0.357 e. The quantitative estimate of drug-likeness (QED) is 0.487. The van der Waals surface area contributed by atoms with Crippen LogP contribution in [0.1, 0.15) is 29.6 Å². The summed E-state index contributed by atoms with van der Waals surface area (Å²) in [6.07, 6.45) is 0.987. The number of hydrogen-bond donors (Lipinski definition) is 0. The summed E-state index contributed by atoms with van der Waals surface area (Å²) in [6, 6.07) is 23.0. The topological polar surface area (TPSA) is 3.24 Å². The van der Waals surface area contributed by atoms with Crippen molar-refractivity contribution < 1.29 is 4.39 Å². The fraction of sp³-hybridized carbons (Fsp3) is 0.143. The third kappa shape index (κ3) is 3.24. The van der Waals surface area contributed by atoms with E-state index in [2.05, 4.69) is 29.2 Å². The van der Waals surface area contributed by atoms with Crippen LogP contribution in [0.3, 0.4) is 0 Å². The molecule has 1 aliphatic rings. The zero-order valence-electron chi connectivity index (χ0n) is 13.4. The van der Waals surface area contributed by atoms with Gasteiger partial charge in [0.2, 0.25) is 0 Å². The smallest absolute Gasteiger partial charge is 0.123 e. The molecule has 0 radical (unpaired) electrons. The molecule has 1 saturated heterocycles. The molecule has 25 heavy (non-hydrogen) atoms. The monoisotopic (exact) mass is 371 g/mol. The van der Waals surface area contributed by atoms with E-state index < -0.39 is 0 Å². The Hall–Kier alpha value is -2.03. The van der Waals surface area contributed by atoms with Gasteiger partial charge in [0.05, 0.1) is 12.1 Å². The highest BCUT2D eigenvalue weighted by Gasteiger charge is 2.40. The standard InChI is InChI=1S/C21H16Cl2FN/c22-16-5-1-14(2-6-16)20-13-21(15-3-7-17(23)8-4-15)25(20)19-11-9-18(24)10-12-19/h1-12,20-21H,13H2/t20-,21+. The number of hydrogen-bond acceptors (Lipinski definition) is 1. The maximum absolute atomic E-state index is 13.4. The Kier molecular flexibility index (Phi) is 4.41. The molecule has 1 aliphatic heterocycles. The van der Waals surface area contributed by atoms with Crippen LogP contribution in [0.5, 0.6) is 0 Å². The molecule has 0 bridgehead atoms. The minimum Gasteiger partial charge on any atom is -0.357 e. The van der Waals surface area contributed by atoms with Crippen molar-refractivity contribution >= 4 is 28.9 Å². The lowest BCUT2D eigenvalue weighted by atomic mass is 9.82. The molecule has 0 saturated carbocycles. The minimum atomic E-state index is -0.227. The Labute approximate surface area is 156 Å². The van der Waals surface area contributed by atoms with Gasteiger partial charge in [0.25, 0.3) is 0 Å². The first kappa shape index (κ1) is 16.4. The predicted molar refractivity (Wildman–Crippen MR) is 102 cm³/mol. The molecule has 4 heteroatoms. The number of halogens is 3. The van der Waals surface area contributed by atoms with Crippen molar-refractivity contribution in [1.29, 1.82) is 0 Å².